The Labute approximate surface area is 76.5 Å². The van der Waals surface area contributed by atoms with Crippen LogP contribution < -0.4 is 0 Å². The second-order valence-corrected chi connectivity index (χ2v) is 2.72. The molecule has 0 amide bonds. The number of nitrogens with zero attached hydrogens (tertiary/aromatic N) is 1. The predicted molar refractivity (Wildman–Crippen MR) is 36.6 cm³/mol. The third-order valence-electron chi connectivity index (χ3n) is 1.13. The van der Waals surface area contributed by atoms with Crippen molar-refractivity contribution < 1.29 is 25.5 Å². The molecule has 2 nitrogen and oxygen atoms in total. The topological polar surface area (TPSA) is 26.0 Å². The molecular formula is C6H5NOPtS. The van der Waals surface area contributed by atoms with Gasteiger partial charge in [0.15, 0.2) is 16.3 Å². The van der Waals surface area contributed by atoms with Crippen LogP contribution in [0.4, 0.5) is 0 Å². The monoisotopic (exact) mass is 334 g/mol. The molecule has 0 aliphatic heterocycles. The van der Waals surface area contributed by atoms with Gasteiger partial charge < -0.3 is 4.42 Å². The van der Waals surface area contributed by atoms with Crippen molar-refractivity contribution in [3.05, 3.63) is 17.3 Å². The molecule has 2 aromatic rings. The number of oxazole rings is 1. The van der Waals surface area contributed by atoms with Gasteiger partial charge in [-0.1, -0.05) is 0 Å². The second kappa shape index (κ2) is 2.85. The molecule has 0 aliphatic rings. The van der Waals surface area contributed by atoms with Gasteiger partial charge in [-0.25, -0.2) is 4.98 Å². The number of hydrogen-bond donors (Lipinski definition) is 0. The number of aromatic nitrogens is 1. The minimum absolute atomic E-state index is 0. The summed E-state index contributed by atoms with van der Waals surface area (Å²) in [6.45, 7) is 1.85. The number of fused-ring (bicyclic) bond motifs is 1. The zero-order chi connectivity index (χ0) is 6.27. The maximum absolute atomic E-state index is 5.21. The van der Waals surface area contributed by atoms with Gasteiger partial charge in [0, 0.05) is 28.0 Å². The van der Waals surface area contributed by atoms with Gasteiger partial charge in [-0.05, 0) is 11.4 Å². The van der Waals surface area contributed by atoms with Crippen LogP contribution in [0.3, 0.4) is 0 Å². The third kappa shape index (κ3) is 1.16. The van der Waals surface area contributed by atoms with Gasteiger partial charge in [0.25, 0.3) is 0 Å². The maximum Gasteiger partial charge on any atom is 0.193 e. The molecule has 0 fully saturated rings. The first kappa shape index (κ1) is 7.96. The summed E-state index contributed by atoms with van der Waals surface area (Å²) < 4.78 is 5.21. The molecule has 0 saturated heterocycles. The Morgan fingerprint density at radius 1 is 1.60 bits per heavy atom. The molecule has 10 heavy (non-hydrogen) atoms. The third-order valence-corrected chi connectivity index (χ3v) is 1.91. The quantitative estimate of drug-likeness (QED) is 0.738. The van der Waals surface area contributed by atoms with Crippen LogP contribution in [0.2, 0.25) is 0 Å². The van der Waals surface area contributed by atoms with Crippen molar-refractivity contribution in [2.45, 2.75) is 6.92 Å². The summed E-state index contributed by atoms with van der Waals surface area (Å²) in [4.78, 5) is 5.12. The number of rotatable bonds is 0. The van der Waals surface area contributed by atoms with Crippen molar-refractivity contribution in [1.29, 1.82) is 0 Å². The Bertz CT molecular complexity index is 298. The Kier molecular flexibility index (Phi) is 2.27. The number of hydrogen-bond acceptors (Lipinski definition) is 3. The smallest absolute Gasteiger partial charge is 0.193 e. The molecular weight excluding hydrogens is 329 g/mol. The van der Waals surface area contributed by atoms with E-state index in [0.29, 0.717) is 0 Å². The summed E-state index contributed by atoms with van der Waals surface area (Å²) in [6.07, 6.45) is 0. The van der Waals surface area contributed by atoms with E-state index in [4.69, 9.17) is 4.42 Å². The zero-order valence-electron chi connectivity index (χ0n) is 5.23. The average Bonchev–Trinajstić information content (AvgIpc) is 2.22. The van der Waals surface area contributed by atoms with Gasteiger partial charge >= 0.3 is 0 Å². The van der Waals surface area contributed by atoms with Crippen molar-refractivity contribution in [1.82, 2.24) is 4.98 Å². The van der Waals surface area contributed by atoms with Crippen LogP contribution in [-0.2, 0) is 21.1 Å². The van der Waals surface area contributed by atoms with Crippen LogP contribution in [0.1, 0.15) is 5.89 Å². The largest absolute Gasteiger partial charge is 0.440 e. The van der Waals surface area contributed by atoms with Gasteiger partial charge in [0.2, 0.25) is 0 Å². The molecule has 0 bridgehead atoms. The predicted octanol–water partition coefficient (Wildman–Crippen LogP) is 2.20. The van der Waals surface area contributed by atoms with E-state index in [1.807, 2.05) is 18.4 Å². The van der Waals surface area contributed by atoms with Crippen molar-refractivity contribution in [3.63, 3.8) is 0 Å². The molecule has 2 heterocycles. The Hall–Kier alpha value is -0.142. The molecule has 0 unspecified atom stereocenters. The van der Waals surface area contributed by atoms with Crippen molar-refractivity contribution in [2.75, 3.05) is 0 Å². The van der Waals surface area contributed by atoms with Crippen LogP contribution in [0, 0.1) is 6.92 Å². The van der Waals surface area contributed by atoms with E-state index in [1.54, 1.807) is 11.3 Å². The summed E-state index contributed by atoms with van der Waals surface area (Å²) in [5.41, 5.74) is 0.900. The van der Waals surface area contributed by atoms with E-state index in [-0.39, 0.29) is 21.1 Å². The molecule has 0 aliphatic carbocycles. The van der Waals surface area contributed by atoms with Gasteiger partial charge in [-0.3, -0.25) is 0 Å². The molecule has 0 radical (unpaired) electrons. The first-order valence-electron chi connectivity index (χ1n) is 2.67. The van der Waals surface area contributed by atoms with Crippen LogP contribution in [-0.4, -0.2) is 4.98 Å². The standard InChI is InChI=1S/C6H5NOS.Pt/c1-4-7-6-5(8-4)2-3-9-6;/h2-3H,1H3;. The molecule has 2 rings (SSSR count). The summed E-state index contributed by atoms with van der Waals surface area (Å²) in [5, 5.41) is 1.97. The molecule has 0 N–H and O–H groups in total. The van der Waals surface area contributed by atoms with Crippen LogP contribution in [0.15, 0.2) is 15.9 Å². The molecule has 0 aromatic carbocycles. The van der Waals surface area contributed by atoms with Crippen molar-refractivity contribution in [2.24, 2.45) is 0 Å². The Balaban J connectivity index is 0.000000500. The second-order valence-electron chi connectivity index (χ2n) is 1.82. The first-order valence-corrected chi connectivity index (χ1v) is 3.55. The molecule has 0 atom stereocenters. The van der Waals surface area contributed by atoms with Crippen LogP contribution >= 0.6 is 11.3 Å². The van der Waals surface area contributed by atoms with E-state index in [0.717, 1.165) is 16.3 Å². The Morgan fingerprint density at radius 2 is 2.40 bits per heavy atom. The van der Waals surface area contributed by atoms with Gasteiger partial charge in [0.1, 0.15) is 0 Å². The zero-order valence-corrected chi connectivity index (χ0v) is 8.32. The summed E-state index contributed by atoms with van der Waals surface area (Å²) in [5.74, 6) is 0.747. The van der Waals surface area contributed by atoms with Gasteiger partial charge in [-0.15, -0.1) is 11.3 Å². The number of thiophene rings is 1. The fourth-order valence-corrected chi connectivity index (χ4v) is 1.50. The normalized spacial score (nSPS) is 9.70. The van der Waals surface area contributed by atoms with Gasteiger partial charge in [0.05, 0.1) is 0 Å². The van der Waals surface area contributed by atoms with Crippen LogP contribution in [0.25, 0.3) is 10.4 Å². The maximum atomic E-state index is 5.21. The fraction of sp³-hybridized carbons (Fsp3) is 0.167. The fourth-order valence-electron chi connectivity index (χ4n) is 0.774. The summed E-state index contributed by atoms with van der Waals surface area (Å²) in [6, 6.07) is 1.93. The molecule has 56 valence electrons. The van der Waals surface area contributed by atoms with Crippen molar-refractivity contribution in [3.8, 4) is 0 Å². The average molecular weight is 334 g/mol. The van der Waals surface area contributed by atoms with E-state index < -0.39 is 0 Å². The first-order chi connectivity index (χ1) is 4.36. The molecule has 2 aromatic heterocycles. The molecule has 0 saturated carbocycles. The van der Waals surface area contributed by atoms with Crippen molar-refractivity contribution >= 4 is 21.8 Å². The van der Waals surface area contributed by atoms with E-state index >= 15 is 0 Å². The Morgan fingerprint density at radius 3 is 3.10 bits per heavy atom. The summed E-state index contributed by atoms with van der Waals surface area (Å²) in [7, 11) is 0. The van der Waals surface area contributed by atoms with Crippen LogP contribution in [0.5, 0.6) is 0 Å². The van der Waals surface area contributed by atoms with E-state index in [2.05, 4.69) is 4.98 Å². The summed E-state index contributed by atoms with van der Waals surface area (Å²) >= 11 is 1.60. The van der Waals surface area contributed by atoms with E-state index in [9.17, 15) is 0 Å². The molecule has 0 spiro atoms. The van der Waals surface area contributed by atoms with Gasteiger partial charge in [-0.2, -0.15) is 0 Å². The number of aryl methyl sites for hydroxylation is 1. The molecule has 4 heteroatoms. The minimum Gasteiger partial charge on any atom is -0.440 e. The minimum atomic E-state index is 0. The SMILES string of the molecule is Cc1nc2sccc2o1.[Pt]. The van der Waals surface area contributed by atoms with E-state index in [1.165, 1.54) is 0 Å².